The van der Waals surface area contributed by atoms with Crippen molar-refractivity contribution in [3.8, 4) is 0 Å². The summed E-state index contributed by atoms with van der Waals surface area (Å²) >= 11 is 1.84. The zero-order chi connectivity index (χ0) is 14.2. The van der Waals surface area contributed by atoms with Gasteiger partial charge in [0.1, 0.15) is 0 Å². The maximum absolute atomic E-state index is 11.2. The number of methoxy groups -OCH3 is 1. The summed E-state index contributed by atoms with van der Waals surface area (Å²) in [6.07, 6.45) is 9.64. The van der Waals surface area contributed by atoms with E-state index in [9.17, 15) is 4.79 Å². The molecule has 1 aromatic rings. The predicted molar refractivity (Wildman–Crippen MR) is 84.3 cm³/mol. The molecule has 1 aliphatic carbocycles. The van der Waals surface area contributed by atoms with Crippen molar-refractivity contribution in [3.05, 3.63) is 70.7 Å². The zero-order valence-electron chi connectivity index (χ0n) is 11.5. The predicted octanol–water partition coefficient (Wildman–Crippen LogP) is 4.25. The average molecular weight is 286 g/mol. The Hall–Kier alpha value is -1.74. The molecule has 3 heteroatoms. The number of rotatable bonds is 5. The smallest absolute Gasteiger partial charge is 0.330 e. The largest absolute Gasteiger partial charge is 0.466 e. The van der Waals surface area contributed by atoms with Gasteiger partial charge in [-0.05, 0) is 35.0 Å². The number of hydrogen-bond donors (Lipinski definition) is 0. The summed E-state index contributed by atoms with van der Waals surface area (Å²) in [5, 5.41) is 0. The number of benzene rings is 1. The SMILES string of the molecule is COC(=O)/C=C/C1=C(SCc2ccccc2)CCC=C1. The fraction of sp³-hybridized carbons (Fsp3) is 0.235. The van der Waals surface area contributed by atoms with E-state index in [1.807, 2.05) is 23.9 Å². The van der Waals surface area contributed by atoms with E-state index in [0.29, 0.717) is 0 Å². The minimum absolute atomic E-state index is 0.316. The topological polar surface area (TPSA) is 26.3 Å². The van der Waals surface area contributed by atoms with Gasteiger partial charge in [-0.25, -0.2) is 4.79 Å². The van der Waals surface area contributed by atoms with Crippen LogP contribution >= 0.6 is 11.8 Å². The van der Waals surface area contributed by atoms with Crippen LogP contribution in [0.5, 0.6) is 0 Å². The van der Waals surface area contributed by atoms with Crippen LogP contribution in [0.25, 0.3) is 0 Å². The lowest BCUT2D eigenvalue weighted by Crippen LogP contribution is -1.96. The zero-order valence-corrected chi connectivity index (χ0v) is 12.4. The van der Waals surface area contributed by atoms with E-state index in [2.05, 4.69) is 41.2 Å². The van der Waals surface area contributed by atoms with Crippen molar-refractivity contribution in [1.29, 1.82) is 0 Å². The molecule has 0 saturated carbocycles. The van der Waals surface area contributed by atoms with Gasteiger partial charge < -0.3 is 4.74 Å². The first-order chi connectivity index (χ1) is 9.79. The monoisotopic (exact) mass is 286 g/mol. The number of ether oxygens (including phenoxy) is 1. The van der Waals surface area contributed by atoms with Crippen molar-refractivity contribution >= 4 is 17.7 Å². The number of hydrogen-bond acceptors (Lipinski definition) is 3. The summed E-state index contributed by atoms with van der Waals surface area (Å²) in [5.41, 5.74) is 2.43. The average Bonchev–Trinajstić information content (AvgIpc) is 2.52. The second-order valence-corrected chi connectivity index (χ2v) is 5.52. The third-order valence-corrected chi connectivity index (χ3v) is 4.28. The summed E-state index contributed by atoms with van der Waals surface area (Å²) < 4.78 is 4.63. The van der Waals surface area contributed by atoms with Crippen molar-refractivity contribution in [2.75, 3.05) is 7.11 Å². The Labute approximate surface area is 124 Å². The number of allylic oxidation sites excluding steroid dienone is 5. The van der Waals surface area contributed by atoms with E-state index in [1.165, 1.54) is 23.7 Å². The highest BCUT2D eigenvalue weighted by atomic mass is 32.2. The van der Waals surface area contributed by atoms with E-state index in [4.69, 9.17) is 0 Å². The van der Waals surface area contributed by atoms with Gasteiger partial charge >= 0.3 is 5.97 Å². The van der Waals surface area contributed by atoms with Crippen molar-refractivity contribution < 1.29 is 9.53 Å². The first-order valence-electron chi connectivity index (χ1n) is 6.62. The van der Waals surface area contributed by atoms with E-state index >= 15 is 0 Å². The third-order valence-electron chi connectivity index (χ3n) is 3.01. The molecule has 0 saturated heterocycles. The van der Waals surface area contributed by atoms with Crippen LogP contribution in [-0.2, 0) is 15.3 Å². The second-order valence-electron chi connectivity index (χ2n) is 4.45. The molecule has 0 aromatic heterocycles. The van der Waals surface area contributed by atoms with Crippen molar-refractivity contribution in [1.82, 2.24) is 0 Å². The standard InChI is InChI=1S/C17H18O2S/c1-19-17(18)12-11-15-9-5-6-10-16(15)20-13-14-7-3-2-4-8-14/h2-5,7-9,11-12H,6,10,13H2,1H3/b12-11+. The lowest BCUT2D eigenvalue weighted by Gasteiger charge is -2.13. The summed E-state index contributed by atoms with van der Waals surface area (Å²) in [4.78, 5) is 12.5. The minimum atomic E-state index is -0.316. The van der Waals surface area contributed by atoms with E-state index < -0.39 is 0 Å². The highest BCUT2D eigenvalue weighted by Gasteiger charge is 2.08. The normalized spacial score (nSPS) is 14.8. The number of carbonyl (C=O) groups is 1. The molecule has 0 N–H and O–H groups in total. The molecule has 0 fully saturated rings. The van der Waals surface area contributed by atoms with Crippen LogP contribution < -0.4 is 0 Å². The maximum Gasteiger partial charge on any atom is 0.330 e. The third kappa shape index (κ3) is 4.42. The van der Waals surface area contributed by atoms with Gasteiger partial charge in [-0.3, -0.25) is 0 Å². The second kappa shape index (κ2) is 7.75. The van der Waals surface area contributed by atoms with Crippen LogP contribution in [0.3, 0.4) is 0 Å². The van der Waals surface area contributed by atoms with E-state index in [1.54, 1.807) is 0 Å². The van der Waals surface area contributed by atoms with Gasteiger partial charge in [-0.1, -0.05) is 42.5 Å². The van der Waals surface area contributed by atoms with Crippen LogP contribution in [0.4, 0.5) is 0 Å². The molecule has 1 aromatic carbocycles. The lowest BCUT2D eigenvalue weighted by molar-refractivity contribution is -0.134. The van der Waals surface area contributed by atoms with Crippen LogP contribution in [-0.4, -0.2) is 13.1 Å². The Morgan fingerprint density at radius 3 is 2.90 bits per heavy atom. The Bertz CT molecular complexity index is 541. The molecule has 2 nitrogen and oxygen atoms in total. The molecule has 20 heavy (non-hydrogen) atoms. The Kier molecular flexibility index (Phi) is 5.69. The molecule has 0 aliphatic heterocycles. The van der Waals surface area contributed by atoms with Gasteiger partial charge in [-0.2, -0.15) is 0 Å². The van der Waals surface area contributed by atoms with Gasteiger partial charge in [0, 0.05) is 11.8 Å². The minimum Gasteiger partial charge on any atom is -0.466 e. The number of carbonyl (C=O) groups excluding carboxylic acids is 1. The molecule has 0 amide bonds. The Balaban J connectivity index is 2.05. The van der Waals surface area contributed by atoms with Crippen molar-refractivity contribution in [3.63, 3.8) is 0 Å². The van der Waals surface area contributed by atoms with Crippen LogP contribution in [0.15, 0.2) is 65.1 Å². The molecule has 0 bridgehead atoms. The first kappa shape index (κ1) is 14.7. The fourth-order valence-corrected chi connectivity index (χ4v) is 3.03. The van der Waals surface area contributed by atoms with Gasteiger partial charge in [0.05, 0.1) is 7.11 Å². The lowest BCUT2D eigenvalue weighted by atomic mass is 10.1. The van der Waals surface area contributed by atoms with Gasteiger partial charge in [-0.15, -0.1) is 11.8 Å². The van der Waals surface area contributed by atoms with Gasteiger partial charge in [0.2, 0.25) is 0 Å². The molecule has 0 radical (unpaired) electrons. The molecule has 2 rings (SSSR count). The fourth-order valence-electron chi connectivity index (χ4n) is 1.94. The molecule has 0 unspecified atom stereocenters. The Morgan fingerprint density at radius 2 is 2.15 bits per heavy atom. The maximum atomic E-state index is 11.2. The molecular formula is C17H18O2S. The van der Waals surface area contributed by atoms with Crippen LogP contribution in [0.2, 0.25) is 0 Å². The molecule has 0 heterocycles. The molecule has 104 valence electrons. The summed E-state index contributed by atoms with van der Waals surface area (Å²) in [7, 11) is 1.39. The van der Waals surface area contributed by atoms with Crippen molar-refractivity contribution in [2.45, 2.75) is 18.6 Å². The summed E-state index contributed by atoms with van der Waals surface area (Å²) in [6.45, 7) is 0. The van der Waals surface area contributed by atoms with Gasteiger partial charge in [0.15, 0.2) is 0 Å². The van der Waals surface area contributed by atoms with E-state index in [0.717, 1.165) is 24.2 Å². The highest BCUT2D eigenvalue weighted by Crippen LogP contribution is 2.32. The molecule has 1 aliphatic rings. The Morgan fingerprint density at radius 1 is 1.35 bits per heavy atom. The molecule has 0 spiro atoms. The number of thioether (sulfide) groups is 1. The van der Waals surface area contributed by atoms with E-state index in [-0.39, 0.29) is 5.97 Å². The van der Waals surface area contributed by atoms with Crippen LogP contribution in [0, 0.1) is 0 Å². The van der Waals surface area contributed by atoms with Crippen molar-refractivity contribution in [2.24, 2.45) is 0 Å². The highest BCUT2D eigenvalue weighted by molar-refractivity contribution is 8.02. The molecular weight excluding hydrogens is 268 g/mol. The summed E-state index contributed by atoms with van der Waals surface area (Å²) in [6, 6.07) is 10.4. The summed E-state index contributed by atoms with van der Waals surface area (Å²) in [5.74, 6) is 0.642. The first-order valence-corrected chi connectivity index (χ1v) is 7.60. The molecule has 0 atom stereocenters. The number of esters is 1. The van der Waals surface area contributed by atoms with Gasteiger partial charge in [0.25, 0.3) is 0 Å². The van der Waals surface area contributed by atoms with Crippen LogP contribution in [0.1, 0.15) is 18.4 Å². The quantitative estimate of drug-likeness (QED) is 0.598.